The highest BCUT2D eigenvalue weighted by molar-refractivity contribution is 9.10. The van der Waals surface area contributed by atoms with Crippen molar-refractivity contribution in [2.45, 2.75) is 13.5 Å². The molecule has 0 spiro atoms. The minimum atomic E-state index is -0.475. The maximum atomic E-state index is 13.5. The third-order valence-electron chi connectivity index (χ3n) is 5.37. The van der Waals surface area contributed by atoms with Crippen molar-refractivity contribution in [3.05, 3.63) is 111 Å². The lowest BCUT2D eigenvalue weighted by Gasteiger charge is -2.33. The van der Waals surface area contributed by atoms with Crippen LogP contribution >= 0.6 is 15.9 Å². The Hall–Kier alpha value is -3.51. The molecule has 1 aliphatic heterocycles. The maximum Gasteiger partial charge on any atom is 0.337 e. The quantitative estimate of drug-likeness (QED) is 0.470. The van der Waals surface area contributed by atoms with Gasteiger partial charge in [0.15, 0.2) is 5.78 Å². The number of amides is 1. The van der Waals surface area contributed by atoms with Crippen molar-refractivity contribution >= 4 is 39.2 Å². The Morgan fingerprint density at radius 1 is 0.906 bits per heavy atom. The summed E-state index contributed by atoms with van der Waals surface area (Å²) in [5, 5.41) is 0. The fourth-order valence-corrected chi connectivity index (χ4v) is 4.25. The van der Waals surface area contributed by atoms with Crippen LogP contribution < -0.4 is 0 Å². The van der Waals surface area contributed by atoms with E-state index < -0.39 is 5.97 Å². The normalized spacial score (nSPS) is 12.9. The number of ether oxygens (including phenoxy) is 1. The SMILES string of the molecule is COC(=O)c1ccc(C(=O)N2Cc3ccc(Br)cc3C(c3ccccc3)=C2C(C)=O)cc1. The van der Waals surface area contributed by atoms with Gasteiger partial charge in [0.05, 0.1) is 24.9 Å². The van der Waals surface area contributed by atoms with Gasteiger partial charge in [0, 0.05) is 22.5 Å². The van der Waals surface area contributed by atoms with Gasteiger partial charge in [-0.15, -0.1) is 0 Å². The molecule has 0 aliphatic carbocycles. The van der Waals surface area contributed by atoms with Crippen molar-refractivity contribution < 1.29 is 19.1 Å². The highest BCUT2D eigenvalue weighted by atomic mass is 79.9. The standard InChI is InChI=1S/C26H20BrNO4/c1-16(29)24-23(17-6-4-3-5-7-17)22-14-21(27)13-12-20(22)15-28(24)25(30)18-8-10-19(11-9-18)26(31)32-2/h3-14H,15H2,1-2H3. The molecule has 0 N–H and O–H groups in total. The summed E-state index contributed by atoms with van der Waals surface area (Å²) in [6, 6.07) is 21.7. The van der Waals surface area contributed by atoms with E-state index >= 15 is 0 Å². The van der Waals surface area contributed by atoms with Gasteiger partial charge in [0.2, 0.25) is 0 Å². The topological polar surface area (TPSA) is 63.7 Å². The molecular weight excluding hydrogens is 470 g/mol. The lowest BCUT2D eigenvalue weighted by Crippen LogP contribution is -2.36. The van der Waals surface area contributed by atoms with Crippen molar-refractivity contribution in [2.75, 3.05) is 7.11 Å². The number of Topliss-reactive ketones (excluding diaryl/α,β-unsaturated/α-hetero) is 1. The number of carbonyl (C=O) groups is 3. The molecule has 160 valence electrons. The van der Waals surface area contributed by atoms with Crippen LogP contribution in [0.1, 0.15) is 44.3 Å². The zero-order valence-electron chi connectivity index (χ0n) is 17.6. The highest BCUT2D eigenvalue weighted by Crippen LogP contribution is 2.38. The molecule has 1 aliphatic rings. The zero-order chi connectivity index (χ0) is 22.8. The number of ketones is 1. The first-order chi connectivity index (χ1) is 15.4. The summed E-state index contributed by atoms with van der Waals surface area (Å²) in [5.74, 6) is -0.986. The summed E-state index contributed by atoms with van der Waals surface area (Å²) in [5.41, 5.74) is 4.52. The van der Waals surface area contributed by atoms with Gasteiger partial charge in [0.1, 0.15) is 0 Å². The predicted octanol–water partition coefficient (Wildman–Crippen LogP) is 5.24. The van der Waals surface area contributed by atoms with Crippen molar-refractivity contribution in [2.24, 2.45) is 0 Å². The third kappa shape index (κ3) is 4.01. The molecule has 6 heteroatoms. The molecule has 0 saturated carbocycles. The minimum Gasteiger partial charge on any atom is -0.465 e. The summed E-state index contributed by atoms with van der Waals surface area (Å²) in [4.78, 5) is 39.7. The van der Waals surface area contributed by atoms with Gasteiger partial charge in [-0.2, -0.15) is 0 Å². The largest absolute Gasteiger partial charge is 0.465 e. The van der Waals surface area contributed by atoms with Crippen LogP contribution in [-0.4, -0.2) is 29.7 Å². The molecule has 0 radical (unpaired) electrons. The van der Waals surface area contributed by atoms with E-state index in [1.165, 1.54) is 18.9 Å². The molecule has 1 heterocycles. The molecule has 32 heavy (non-hydrogen) atoms. The Balaban J connectivity index is 1.87. The number of hydrogen-bond donors (Lipinski definition) is 0. The number of methoxy groups -OCH3 is 1. The smallest absolute Gasteiger partial charge is 0.337 e. The van der Waals surface area contributed by atoms with Gasteiger partial charge in [-0.1, -0.05) is 52.3 Å². The minimum absolute atomic E-state index is 0.200. The molecule has 0 fully saturated rings. The number of esters is 1. The first-order valence-electron chi connectivity index (χ1n) is 10.0. The predicted molar refractivity (Wildman–Crippen MR) is 125 cm³/mol. The molecular formula is C26H20BrNO4. The van der Waals surface area contributed by atoms with E-state index in [-0.39, 0.29) is 18.2 Å². The van der Waals surface area contributed by atoms with Crippen LogP contribution in [-0.2, 0) is 16.1 Å². The van der Waals surface area contributed by atoms with Crippen LogP contribution in [0.5, 0.6) is 0 Å². The van der Waals surface area contributed by atoms with E-state index in [1.54, 1.807) is 24.3 Å². The van der Waals surface area contributed by atoms with E-state index in [1.807, 2.05) is 48.5 Å². The molecule has 1 amide bonds. The van der Waals surface area contributed by atoms with Gasteiger partial charge in [-0.05, 0) is 53.1 Å². The number of benzene rings is 3. The molecule has 0 bridgehead atoms. The fraction of sp³-hybridized carbons (Fsp3) is 0.115. The van der Waals surface area contributed by atoms with Crippen LogP contribution in [0.4, 0.5) is 0 Å². The molecule has 3 aromatic rings. The Labute approximate surface area is 194 Å². The number of halogens is 1. The second kappa shape index (κ2) is 8.93. The van der Waals surface area contributed by atoms with Gasteiger partial charge < -0.3 is 4.74 Å². The number of hydrogen-bond acceptors (Lipinski definition) is 4. The number of fused-ring (bicyclic) bond motifs is 1. The Morgan fingerprint density at radius 2 is 1.56 bits per heavy atom. The van der Waals surface area contributed by atoms with Gasteiger partial charge in [-0.25, -0.2) is 4.79 Å². The summed E-state index contributed by atoms with van der Waals surface area (Å²) >= 11 is 3.53. The Morgan fingerprint density at radius 3 is 2.19 bits per heavy atom. The van der Waals surface area contributed by atoms with Gasteiger partial charge in [-0.3, -0.25) is 14.5 Å². The molecule has 0 saturated heterocycles. The van der Waals surface area contributed by atoms with E-state index in [2.05, 4.69) is 15.9 Å². The molecule has 4 rings (SSSR count). The number of carbonyl (C=O) groups excluding carboxylic acids is 3. The Bertz CT molecular complexity index is 1250. The maximum absolute atomic E-state index is 13.5. The Kier molecular flexibility index (Phi) is 6.06. The summed E-state index contributed by atoms with van der Waals surface area (Å²) < 4.78 is 5.62. The van der Waals surface area contributed by atoms with Gasteiger partial charge in [0.25, 0.3) is 5.91 Å². The van der Waals surface area contributed by atoms with E-state index in [0.717, 1.165) is 26.7 Å². The molecule has 5 nitrogen and oxygen atoms in total. The highest BCUT2D eigenvalue weighted by Gasteiger charge is 2.32. The molecule has 3 aromatic carbocycles. The van der Waals surface area contributed by atoms with Crippen molar-refractivity contribution in [1.82, 2.24) is 4.90 Å². The molecule has 0 atom stereocenters. The van der Waals surface area contributed by atoms with Crippen LogP contribution in [0.25, 0.3) is 5.57 Å². The summed E-state index contributed by atoms with van der Waals surface area (Å²) in [6.07, 6.45) is 0. The van der Waals surface area contributed by atoms with Crippen molar-refractivity contribution in [3.8, 4) is 0 Å². The zero-order valence-corrected chi connectivity index (χ0v) is 19.2. The summed E-state index contributed by atoms with van der Waals surface area (Å²) in [7, 11) is 1.31. The van der Waals surface area contributed by atoms with Crippen LogP contribution in [0, 0.1) is 0 Å². The molecule has 0 unspecified atom stereocenters. The van der Waals surface area contributed by atoms with E-state index in [0.29, 0.717) is 16.8 Å². The average molecular weight is 490 g/mol. The number of allylic oxidation sites excluding steroid dienone is 1. The second-order valence-electron chi connectivity index (χ2n) is 7.41. The number of rotatable bonds is 4. The molecule has 0 aromatic heterocycles. The third-order valence-corrected chi connectivity index (χ3v) is 5.86. The van der Waals surface area contributed by atoms with Crippen LogP contribution in [0.15, 0.2) is 83.0 Å². The van der Waals surface area contributed by atoms with Crippen molar-refractivity contribution in [3.63, 3.8) is 0 Å². The lowest BCUT2D eigenvalue weighted by molar-refractivity contribution is -0.114. The average Bonchev–Trinajstić information content (AvgIpc) is 2.82. The first-order valence-corrected chi connectivity index (χ1v) is 10.8. The van der Waals surface area contributed by atoms with Crippen LogP contribution in [0.3, 0.4) is 0 Å². The van der Waals surface area contributed by atoms with E-state index in [9.17, 15) is 14.4 Å². The lowest BCUT2D eigenvalue weighted by atomic mass is 9.87. The monoisotopic (exact) mass is 489 g/mol. The second-order valence-corrected chi connectivity index (χ2v) is 8.32. The fourth-order valence-electron chi connectivity index (χ4n) is 3.89. The summed E-state index contributed by atoms with van der Waals surface area (Å²) in [6.45, 7) is 1.74. The number of nitrogens with zero attached hydrogens (tertiary/aromatic N) is 1. The van der Waals surface area contributed by atoms with Crippen molar-refractivity contribution in [1.29, 1.82) is 0 Å². The first kappa shape index (κ1) is 21.7. The van der Waals surface area contributed by atoms with Crippen LogP contribution in [0.2, 0.25) is 0 Å². The van der Waals surface area contributed by atoms with E-state index in [4.69, 9.17) is 4.74 Å². The van der Waals surface area contributed by atoms with Gasteiger partial charge >= 0.3 is 5.97 Å².